The van der Waals surface area contributed by atoms with Crippen molar-refractivity contribution in [1.82, 2.24) is 13.7 Å². The Morgan fingerprint density at radius 1 is 1.61 bits per heavy atom. The highest BCUT2D eigenvalue weighted by molar-refractivity contribution is 7.89. The second-order valence-corrected chi connectivity index (χ2v) is 6.57. The molecule has 1 N–H and O–H groups in total. The number of aliphatic hydroxyl groups excluding tert-OH is 1. The number of halogens is 1. The Morgan fingerprint density at radius 3 is 2.94 bits per heavy atom. The van der Waals surface area contributed by atoms with Gasteiger partial charge in [0.25, 0.3) is 10.0 Å². The summed E-state index contributed by atoms with van der Waals surface area (Å²) in [6.45, 7) is 1.76. The highest BCUT2D eigenvalue weighted by Crippen LogP contribution is 2.27. The summed E-state index contributed by atoms with van der Waals surface area (Å²) in [6, 6.07) is 0. The van der Waals surface area contributed by atoms with Crippen LogP contribution in [0.3, 0.4) is 0 Å². The SMILES string of the molecule is CCN(CCO)S(=O)(=O)c1c(Cl)nc2sccn12. The summed E-state index contributed by atoms with van der Waals surface area (Å²) >= 11 is 7.21. The van der Waals surface area contributed by atoms with Crippen LogP contribution < -0.4 is 0 Å². The van der Waals surface area contributed by atoms with E-state index in [2.05, 4.69) is 4.98 Å². The molecule has 0 bridgehead atoms. The van der Waals surface area contributed by atoms with Crippen LogP contribution in [0.25, 0.3) is 4.96 Å². The zero-order valence-corrected chi connectivity index (χ0v) is 12.0. The van der Waals surface area contributed by atoms with Gasteiger partial charge in [-0.25, -0.2) is 13.4 Å². The van der Waals surface area contributed by atoms with E-state index in [1.165, 1.54) is 20.0 Å². The highest BCUT2D eigenvalue weighted by atomic mass is 35.5. The van der Waals surface area contributed by atoms with Gasteiger partial charge in [0.1, 0.15) is 0 Å². The molecule has 0 aliphatic rings. The summed E-state index contributed by atoms with van der Waals surface area (Å²) in [5.41, 5.74) is 0. The van der Waals surface area contributed by atoms with Gasteiger partial charge in [-0.1, -0.05) is 18.5 Å². The molecule has 0 saturated carbocycles. The van der Waals surface area contributed by atoms with Gasteiger partial charge in [-0.15, -0.1) is 11.3 Å². The molecule has 2 heterocycles. The first-order valence-corrected chi connectivity index (χ1v) is 7.94. The fourth-order valence-corrected chi connectivity index (χ4v) is 4.50. The normalized spacial score (nSPS) is 12.7. The summed E-state index contributed by atoms with van der Waals surface area (Å²) < 4.78 is 27.5. The van der Waals surface area contributed by atoms with E-state index in [1.807, 2.05) is 0 Å². The maximum atomic E-state index is 12.4. The van der Waals surface area contributed by atoms with Gasteiger partial charge in [0.15, 0.2) is 15.1 Å². The maximum absolute atomic E-state index is 12.4. The van der Waals surface area contributed by atoms with Crippen LogP contribution in [0.4, 0.5) is 0 Å². The van der Waals surface area contributed by atoms with E-state index < -0.39 is 10.0 Å². The van der Waals surface area contributed by atoms with Crippen molar-refractivity contribution in [2.75, 3.05) is 19.7 Å². The van der Waals surface area contributed by atoms with Gasteiger partial charge >= 0.3 is 0 Å². The van der Waals surface area contributed by atoms with E-state index in [0.29, 0.717) is 4.96 Å². The lowest BCUT2D eigenvalue weighted by Gasteiger charge is -2.18. The second-order valence-electron chi connectivity index (χ2n) is 3.48. The predicted molar refractivity (Wildman–Crippen MR) is 69.6 cm³/mol. The Bertz CT molecular complexity index is 649. The van der Waals surface area contributed by atoms with E-state index in [4.69, 9.17) is 16.7 Å². The van der Waals surface area contributed by atoms with Gasteiger partial charge in [-0.2, -0.15) is 4.31 Å². The minimum atomic E-state index is -3.75. The quantitative estimate of drug-likeness (QED) is 0.896. The first kappa shape index (κ1) is 13.8. The smallest absolute Gasteiger partial charge is 0.262 e. The molecular formula is C9H12ClN3O3S2. The minimum absolute atomic E-state index is 0.0343. The largest absolute Gasteiger partial charge is 0.395 e. The summed E-state index contributed by atoms with van der Waals surface area (Å²) in [6.07, 6.45) is 1.61. The van der Waals surface area contributed by atoms with Crippen LogP contribution in [0.1, 0.15) is 6.92 Å². The lowest BCUT2D eigenvalue weighted by Crippen LogP contribution is -2.34. The molecule has 2 aromatic rings. The van der Waals surface area contributed by atoms with Gasteiger partial charge in [0.2, 0.25) is 0 Å². The lowest BCUT2D eigenvalue weighted by atomic mass is 10.6. The molecule has 0 spiro atoms. The number of aromatic nitrogens is 2. The van der Waals surface area contributed by atoms with Crippen molar-refractivity contribution in [1.29, 1.82) is 0 Å². The lowest BCUT2D eigenvalue weighted by molar-refractivity contribution is 0.256. The first-order valence-electron chi connectivity index (χ1n) is 5.24. The molecule has 0 radical (unpaired) electrons. The molecular weight excluding hydrogens is 298 g/mol. The van der Waals surface area contributed by atoms with Crippen LogP contribution in [0.15, 0.2) is 16.6 Å². The van der Waals surface area contributed by atoms with E-state index in [1.54, 1.807) is 18.5 Å². The van der Waals surface area contributed by atoms with Gasteiger partial charge in [0, 0.05) is 24.7 Å². The fraction of sp³-hybridized carbons (Fsp3) is 0.444. The Kier molecular flexibility index (Phi) is 3.93. The molecule has 0 aliphatic carbocycles. The molecule has 6 nitrogen and oxygen atoms in total. The number of fused-ring (bicyclic) bond motifs is 1. The van der Waals surface area contributed by atoms with Crippen LogP contribution in [-0.2, 0) is 10.0 Å². The molecule has 18 heavy (non-hydrogen) atoms. The number of aliphatic hydroxyl groups is 1. The minimum Gasteiger partial charge on any atom is -0.395 e. The van der Waals surface area contributed by atoms with Crippen molar-refractivity contribution < 1.29 is 13.5 Å². The number of rotatable bonds is 5. The third-order valence-corrected chi connectivity index (χ3v) is 5.60. The molecule has 0 unspecified atom stereocenters. The summed E-state index contributed by atoms with van der Waals surface area (Å²) in [4.78, 5) is 4.52. The highest BCUT2D eigenvalue weighted by Gasteiger charge is 2.30. The molecule has 0 aromatic carbocycles. The van der Waals surface area contributed by atoms with Crippen LogP contribution in [0.2, 0.25) is 5.15 Å². The molecule has 9 heteroatoms. The van der Waals surface area contributed by atoms with Crippen molar-refractivity contribution in [3.63, 3.8) is 0 Å². The third kappa shape index (κ3) is 2.14. The average molecular weight is 310 g/mol. The molecule has 2 rings (SSSR count). The van der Waals surface area contributed by atoms with E-state index in [0.717, 1.165) is 0 Å². The van der Waals surface area contributed by atoms with Crippen molar-refractivity contribution >= 4 is 37.9 Å². The van der Waals surface area contributed by atoms with Gasteiger partial charge in [-0.05, 0) is 0 Å². The standard InChI is InChI=1S/C9H12ClN3O3S2/c1-2-12(3-5-14)18(15,16)8-7(10)11-9-13(8)4-6-17-9/h4,6,14H,2-3,5H2,1H3. The molecule has 2 aromatic heterocycles. The van der Waals surface area contributed by atoms with E-state index in [-0.39, 0.29) is 29.9 Å². The zero-order chi connectivity index (χ0) is 13.3. The summed E-state index contributed by atoms with van der Waals surface area (Å²) in [5.74, 6) is 0. The zero-order valence-electron chi connectivity index (χ0n) is 9.58. The topological polar surface area (TPSA) is 74.9 Å². The van der Waals surface area contributed by atoms with Crippen LogP contribution >= 0.6 is 22.9 Å². The van der Waals surface area contributed by atoms with Crippen LogP contribution in [0, 0.1) is 0 Å². The van der Waals surface area contributed by atoms with Crippen molar-refractivity contribution in [2.45, 2.75) is 11.9 Å². The number of likely N-dealkylation sites (N-methyl/N-ethyl adjacent to an activating group) is 1. The van der Waals surface area contributed by atoms with Gasteiger partial charge in [-0.3, -0.25) is 4.40 Å². The number of imidazole rings is 1. The second kappa shape index (κ2) is 5.14. The van der Waals surface area contributed by atoms with Crippen molar-refractivity contribution in [3.05, 3.63) is 16.7 Å². The van der Waals surface area contributed by atoms with Crippen LogP contribution in [-0.4, -0.2) is 46.9 Å². The number of nitrogens with zero attached hydrogens (tertiary/aromatic N) is 3. The summed E-state index contributed by atoms with van der Waals surface area (Å²) in [7, 11) is -3.75. The van der Waals surface area contributed by atoms with Crippen LogP contribution in [0.5, 0.6) is 0 Å². The molecule has 0 aliphatic heterocycles. The molecule has 0 fully saturated rings. The molecule has 0 saturated heterocycles. The predicted octanol–water partition coefficient (Wildman–Crippen LogP) is 1.05. The number of thiazole rings is 1. The molecule has 0 atom stereocenters. The Labute approximate surface area is 113 Å². The first-order chi connectivity index (χ1) is 8.52. The Hall–Kier alpha value is -0.670. The van der Waals surface area contributed by atoms with Gasteiger partial charge < -0.3 is 5.11 Å². The number of hydrogen-bond acceptors (Lipinski definition) is 5. The van der Waals surface area contributed by atoms with E-state index >= 15 is 0 Å². The van der Waals surface area contributed by atoms with Crippen molar-refractivity contribution in [3.8, 4) is 0 Å². The van der Waals surface area contributed by atoms with Gasteiger partial charge in [0.05, 0.1) is 6.61 Å². The molecule has 100 valence electrons. The fourth-order valence-electron chi connectivity index (χ4n) is 1.65. The summed E-state index contributed by atoms with van der Waals surface area (Å²) in [5, 5.41) is 10.6. The number of sulfonamides is 1. The number of hydrogen-bond donors (Lipinski definition) is 1. The molecule has 0 amide bonds. The van der Waals surface area contributed by atoms with E-state index in [9.17, 15) is 8.42 Å². The average Bonchev–Trinajstić information content (AvgIpc) is 2.84. The monoisotopic (exact) mass is 309 g/mol. The Morgan fingerprint density at radius 2 is 2.33 bits per heavy atom. The Balaban J connectivity index is 2.58. The van der Waals surface area contributed by atoms with Crippen molar-refractivity contribution in [2.24, 2.45) is 0 Å². The maximum Gasteiger partial charge on any atom is 0.262 e. The third-order valence-electron chi connectivity index (χ3n) is 2.46.